The number of benzene rings is 1. The van der Waals surface area contributed by atoms with Crippen LogP contribution in [0, 0.1) is 5.92 Å². The molecule has 0 amide bonds. The molecule has 5 aromatic rings. The molecule has 3 N–H and O–H groups in total. The first-order valence-electron chi connectivity index (χ1n) is 13.2. The van der Waals surface area contributed by atoms with Gasteiger partial charge in [0.05, 0.1) is 18.4 Å². The summed E-state index contributed by atoms with van der Waals surface area (Å²) < 4.78 is 6.15. The Hall–Kier alpha value is -3.78. The number of hydrogen-bond donors (Lipinski definition) is 3. The number of rotatable bonds is 6. The molecular weight excluding hydrogens is 462 g/mol. The maximum Gasteiger partial charge on any atom is 0.247 e. The van der Waals surface area contributed by atoms with Gasteiger partial charge in [0.2, 0.25) is 11.8 Å². The number of aromatic nitrogens is 6. The zero-order chi connectivity index (χ0) is 25.1. The molecule has 2 bridgehead atoms. The Bertz CT molecular complexity index is 1660. The lowest BCUT2D eigenvalue weighted by Gasteiger charge is -2.37. The Labute approximate surface area is 215 Å². The summed E-state index contributed by atoms with van der Waals surface area (Å²) in [5.41, 5.74) is 7.97. The molecule has 0 radical (unpaired) electrons. The first kappa shape index (κ1) is 22.4. The minimum Gasteiger partial charge on any atom is -0.419 e. The van der Waals surface area contributed by atoms with E-state index in [2.05, 4.69) is 74.7 Å². The minimum absolute atomic E-state index is 0.154. The summed E-state index contributed by atoms with van der Waals surface area (Å²) in [6.07, 6.45) is 10.8. The minimum atomic E-state index is 0.154. The van der Waals surface area contributed by atoms with Crippen molar-refractivity contribution >= 4 is 21.9 Å². The van der Waals surface area contributed by atoms with Gasteiger partial charge >= 0.3 is 0 Å². The molecule has 7 rings (SSSR count). The highest BCUT2D eigenvalue weighted by atomic mass is 16.4. The highest BCUT2D eigenvalue weighted by Gasteiger charge is 2.39. The van der Waals surface area contributed by atoms with Crippen LogP contribution in [-0.2, 0) is 6.54 Å². The van der Waals surface area contributed by atoms with Crippen molar-refractivity contribution in [1.29, 1.82) is 0 Å². The molecule has 1 saturated carbocycles. The van der Waals surface area contributed by atoms with Crippen LogP contribution in [0.4, 0.5) is 0 Å². The molecule has 4 heterocycles. The average molecular weight is 494 g/mol. The largest absolute Gasteiger partial charge is 0.419 e. The normalized spacial score (nSPS) is 21.4. The predicted octanol–water partition coefficient (Wildman–Crippen LogP) is 6.26. The number of H-pyrrole nitrogens is 2. The number of nitrogens with one attached hydrogen (secondary N) is 3. The molecule has 4 aromatic heterocycles. The van der Waals surface area contributed by atoms with Crippen molar-refractivity contribution in [3.8, 4) is 22.7 Å². The van der Waals surface area contributed by atoms with Gasteiger partial charge in [0.25, 0.3) is 0 Å². The number of pyridine rings is 1. The molecule has 2 aliphatic rings. The molecule has 0 spiro atoms. The lowest BCUT2D eigenvalue weighted by Crippen LogP contribution is -2.45. The van der Waals surface area contributed by atoms with E-state index < -0.39 is 0 Å². The third-order valence-corrected chi connectivity index (χ3v) is 8.06. The Kier molecular flexibility index (Phi) is 5.08. The molecule has 0 saturated heterocycles. The van der Waals surface area contributed by atoms with Gasteiger partial charge in [0.1, 0.15) is 0 Å². The summed E-state index contributed by atoms with van der Waals surface area (Å²) in [6, 6.07) is 8.36. The fraction of sp³-hybridized carbons (Fsp3) is 0.379. The SMILES string of the molecule is CC1CC2=CCC(NCc3nnc(-c4ccc5[nH]c(-c6ccnc7[nH]ncc67)c(C(C)C)c5c4)o3)(C2)C1. The Morgan fingerprint density at radius 3 is 3.00 bits per heavy atom. The highest BCUT2D eigenvalue weighted by molar-refractivity contribution is 5.99. The van der Waals surface area contributed by atoms with Crippen LogP contribution in [-0.4, -0.2) is 35.9 Å². The van der Waals surface area contributed by atoms with Gasteiger partial charge in [-0.1, -0.05) is 32.4 Å². The van der Waals surface area contributed by atoms with E-state index in [1.54, 1.807) is 5.57 Å². The fourth-order valence-corrected chi connectivity index (χ4v) is 6.55. The van der Waals surface area contributed by atoms with E-state index in [1.165, 1.54) is 18.4 Å². The number of fused-ring (bicyclic) bond motifs is 4. The molecule has 37 heavy (non-hydrogen) atoms. The molecular formula is C29H31N7O. The zero-order valence-electron chi connectivity index (χ0n) is 21.4. The van der Waals surface area contributed by atoms with E-state index in [1.807, 2.05) is 24.5 Å². The van der Waals surface area contributed by atoms with Crippen LogP contribution in [0.15, 0.2) is 52.7 Å². The number of hydrogen-bond acceptors (Lipinski definition) is 6. The summed E-state index contributed by atoms with van der Waals surface area (Å²) in [5.74, 6) is 2.21. The van der Waals surface area contributed by atoms with Crippen LogP contribution in [0.3, 0.4) is 0 Å². The van der Waals surface area contributed by atoms with Crippen LogP contribution in [0.5, 0.6) is 0 Å². The van der Waals surface area contributed by atoms with E-state index in [9.17, 15) is 0 Å². The molecule has 1 aromatic carbocycles. The van der Waals surface area contributed by atoms with Crippen molar-refractivity contribution in [2.24, 2.45) is 5.92 Å². The van der Waals surface area contributed by atoms with Crippen LogP contribution < -0.4 is 5.32 Å². The van der Waals surface area contributed by atoms with Crippen molar-refractivity contribution in [2.45, 2.75) is 64.5 Å². The summed E-state index contributed by atoms with van der Waals surface area (Å²) in [6.45, 7) is 7.38. The summed E-state index contributed by atoms with van der Waals surface area (Å²) in [4.78, 5) is 8.06. The number of nitrogens with zero attached hydrogens (tertiary/aromatic N) is 4. The molecule has 2 unspecified atom stereocenters. The van der Waals surface area contributed by atoms with Crippen LogP contribution in [0.2, 0.25) is 0 Å². The van der Waals surface area contributed by atoms with E-state index in [-0.39, 0.29) is 5.54 Å². The Morgan fingerprint density at radius 2 is 2.11 bits per heavy atom. The van der Waals surface area contributed by atoms with E-state index in [0.717, 1.165) is 57.5 Å². The molecule has 8 nitrogen and oxygen atoms in total. The molecule has 0 aliphatic heterocycles. The molecule has 1 fully saturated rings. The predicted molar refractivity (Wildman–Crippen MR) is 144 cm³/mol. The third-order valence-electron chi connectivity index (χ3n) is 8.06. The van der Waals surface area contributed by atoms with Crippen molar-refractivity contribution < 1.29 is 4.42 Å². The van der Waals surface area contributed by atoms with E-state index in [4.69, 9.17) is 4.42 Å². The van der Waals surface area contributed by atoms with Crippen molar-refractivity contribution in [2.75, 3.05) is 0 Å². The first-order chi connectivity index (χ1) is 18.0. The Balaban J connectivity index is 1.20. The van der Waals surface area contributed by atoms with Gasteiger partial charge in [-0.25, -0.2) is 4.98 Å². The second-order valence-corrected chi connectivity index (χ2v) is 11.2. The molecule has 188 valence electrons. The van der Waals surface area contributed by atoms with Gasteiger partial charge in [0.15, 0.2) is 5.65 Å². The zero-order valence-corrected chi connectivity index (χ0v) is 21.4. The topological polar surface area (TPSA) is 108 Å². The summed E-state index contributed by atoms with van der Waals surface area (Å²) in [7, 11) is 0. The van der Waals surface area contributed by atoms with Crippen molar-refractivity contribution in [1.82, 2.24) is 35.7 Å². The summed E-state index contributed by atoms with van der Waals surface area (Å²) in [5, 5.41) is 21.9. The van der Waals surface area contributed by atoms with Crippen LogP contribution >= 0.6 is 0 Å². The van der Waals surface area contributed by atoms with Crippen LogP contribution in [0.25, 0.3) is 44.6 Å². The van der Waals surface area contributed by atoms with Gasteiger partial charge in [0, 0.05) is 39.2 Å². The first-order valence-corrected chi connectivity index (χ1v) is 13.2. The van der Waals surface area contributed by atoms with Crippen LogP contribution in [0.1, 0.15) is 63.8 Å². The lowest BCUT2D eigenvalue weighted by molar-refractivity contribution is 0.235. The van der Waals surface area contributed by atoms with Crippen molar-refractivity contribution in [3.63, 3.8) is 0 Å². The van der Waals surface area contributed by atoms with E-state index in [0.29, 0.717) is 24.2 Å². The van der Waals surface area contributed by atoms with Gasteiger partial charge in [-0.2, -0.15) is 5.10 Å². The monoisotopic (exact) mass is 493 g/mol. The quantitative estimate of drug-likeness (QED) is 0.241. The third kappa shape index (κ3) is 3.78. The smallest absolute Gasteiger partial charge is 0.247 e. The fourth-order valence-electron chi connectivity index (χ4n) is 6.55. The van der Waals surface area contributed by atoms with Gasteiger partial charge in [-0.3, -0.25) is 5.10 Å². The second kappa shape index (κ2) is 8.38. The highest BCUT2D eigenvalue weighted by Crippen LogP contribution is 2.44. The van der Waals surface area contributed by atoms with Gasteiger partial charge in [-0.15, -0.1) is 10.2 Å². The van der Waals surface area contributed by atoms with Gasteiger partial charge in [-0.05, 0) is 67.3 Å². The maximum atomic E-state index is 6.15. The lowest BCUT2D eigenvalue weighted by atomic mass is 9.77. The van der Waals surface area contributed by atoms with E-state index >= 15 is 0 Å². The second-order valence-electron chi connectivity index (χ2n) is 11.2. The summed E-state index contributed by atoms with van der Waals surface area (Å²) >= 11 is 0. The van der Waals surface area contributed by atoms with Gasteiger partial charge < -0.3 is 14.7 Å². The molecule has 2 atom stereocenters. The maximum absolute atomic E-state index is 6.15. The standard InChI is InChI=1S/C29H31N7O/c1-16(2)25-21-11-19(4-5-23(21)33-26(25)20-7-9-30-27-22(20)14-32-35-27)28-36-34-24(37-28)15-31-29-8-6-18(13-29)10-17(3)12-29/h4-7,9,11,14,16-17,31,33H,8,10,12-13,15H2,1-3H3,(H,30,32,35). The number of aromatic amines is 2. The average Bonchev–Trinajstić information content (AvgIpc) is 3.66. The molecule has 2 aliphatic carbocycles. The Morgan fingerprint density at radius 1 is 1.19 bits per heavy atom. The molecule has 8 heteroatoms. The van der Waals surface area contributed by atoms with Crippen molar-refractivity contribution in [3.05, 3.63) is 59.8 Å².